The molecule has 1 heterocycles. The van der Waals surface area contributed by atoms with Crippen LogP contribution in [0.15, 0.2) is 29.2 Å². The van der Waals surface area contributed by atoms with E-state index in [0.717, 1.165) is 25.7 Å². The molecule has 0 unspecified atom stereocenters. The Labute approximate surface area is 163 Å². The molecule has 1 saturated heterocycles. The summed E-state index contributed by atoms with van der Waals surface area (Å²) in [5.41, 5.74) is 0.651. The van der Waals surface area contributed by atoms with Crippen LogP contribution in [0.25, 0.3) is 0 Å². The minimum Gasteiger partial charge on any atom is -0.270 e. The van der Waals surface area contributed by atoms with E-state index in [1.54, 1.807) is 12.1 Å². The summed E-state index contributed by atoms with van der Waals surface area (Å²) in [5.74, 6) is 0.623. The summed E-state index contributed by atoms with van der Waals surface area (Å²) < 4.78 is 54.2. The molecule has 0 spiro atoms. The van der Waals surface area contributed by atoms with Crippen LogP contribution in [0, 0.1) is 11.3 Å². The zero-order chi connectivity index (χ0) is 19.9. The van der Waals surface area contributed by atoms with E-state index in [2.05, 4.69) is 25.5 Å². The van der Waals surface area contributed by atoms with Crippen LogP contribution in [-0.4, -0.2) is 35.2 Å². The molecule has 152 valence electrons. The van der Waals surface area contributed by atoms with E-state index in [1.807, 2.05) is 0 Å². The number of hydrogen-bond acceptors (Lipinski definition) is 4. The third kappa shape index (κ3) is 4.84. The molecule has 0 amide bonds. The lowest BCUT2D eigenvalue weighted by molar-refractivity contribution is 0.163. The molecule has 0 radical (unpaired) electrons. The topological polar surface area (TPSA) is 83.6 Å². The maximum Gasteiger partial charge on any atom is 0.240 e. The number of rotatable bonds is 4. The minimum atomic E-state index is -3.63. The summed E-state index contributed by atoms with van der Waals surface area (Å²) >= 11 is 0. The summed E-state index contributed by atoms with van der Waals surface area (Å²) in [5, 5.41) is 0. The lowest BCUT2D eigenvalue weighted by Gasteiger charge is -2.39. The zero-order valence-corrected chi connectivity index (χ0v) is 17.9. The normalized spacial score (nSPS) is 28.0. The molecular formula is C19H30N2O4S2. The Bertz CT molecular complexity index is 877. The van der Waals surface area contributed by atoms with Gasteiger partial charge < -0.3 is 0 Å². The highest BCUT2D eigenvalue weighted by Gasteiger charge is 2.34. The second-order valence-corrected chi connectivity index (χ2v) is 12.5. The Hall–Kier alpha value is -1.12. The van der Waals surface area contributed by atoms with Crippen molar-refractivity contribution in [3.05, 3.63) is 24.3 Å². The highest BCUT2D eigenvalue weighted by Crippen LogP contribution is 2.39. The van der Waals surface area contributed by atoms with Gasteiger partial charge in [0.25, 0.3) is 0 Å². The number of nitrogens with one attached hydrogen (secondary N) is 1. The molecule has 2 atom stereocenters. The van der Waals surface area contributed by atoms with Crippen molar-refractivity contribution in [3.63, 3.8) is 0 Å². The van der Waals surface area contributed by atoms with Gasteiger partial charge in [0.15, 0.2) is 0 Å². The third-order valence-electron chi connectivity index (χ3n) is 5.49. The van der Waals surface area contributed by atoms with Crippen LogP contribution in [0.2, 0.25) is 0 Å². The largest absolute Gasteiger partial charge is 0.270 e. The second-order valence-electron chi connectivity index (χ2n) is 8.82. The van der Waals surface area contributed by atoms with Crippen molar-refractivity contribution < 1.29 is 16.8 Å². The molecule has 1 N–H and O–H groups in total. The Balaban J connectivity index is 1.76. The van der Waals surface area contributed by atoms with Gasteiger partial charge in [-0.3, -0.25) is 4.31 Å². The predicted octanol–water partition coefficient (Wildman–Crippen LogP) is 3.11. The van der Waals surface area contributed by atoms with Gasteiger partial charge >= 0.3 is 0 Å². The molecule has 1 aliphatic heterocycles. The van der Waals surface area contributed by atoms with Crippen molar-refractivity contribution >= 4 is 25.7 Å². The fourth-order valence-corrected chi connectivity index (χ4v) is 7.48. The van der Waals surface area contributed by atoms with Crippen LogP contribution in [0.3, 0.4) is 0 Å². The molecule has 6 nitrogen and oxygen atoms in total. The Morgan fingerprint density at radius 1 is 1.11 bits per heavy atom. The summed E-state index contributed by atoms with van der Waals surface area (Å²) in [4.78, 5) is 0.177. The molecule has 8 heteroatoms. The first-order valence-corrected chi connectivity index (χ1v) is 12.7. The van der Waals surface area contributed by atoms with Crippen LogP contribution in [0.1, 0.15) is 52.9 Å². The Morgan fingerprint density at radius 2 is 1.78 bits per heavy atom. The van der Waals surface area contributed by atoms with Crippen molar-refractivity contribution in [1.82, 2.24) is 4.72 Å². The Morgan fingerprint density at radius 3 is 2.37 bits per heavy atom. The third-order valence-corrected chi connectivity index (χ3v) is 8.90. The first-order valence-electron chi connectivity index (χ1n) is 9.61. The molecule has 1 aliphatic carbocycles. The number of anilines is 1. The highest BCUT2D eigenvalue weighted by molar-refractivity contribution is 7.92. The van der Waals surface area contributed by atoms with Gasteiger partial charge in [0.2, 0.25) is 20.0 Å². The van der Waals surface area contributed by atoms with Crippen LogP contribution < -0.4 is 9.03 Å². The highest BCUT2D eigenvalue weighted by atomic mass is 32.2. The monoisotopic (exact) mass is 414 g/mol. The van der Waals surface area contributed by atoms with E-state index < -0.39 is 20.0 Å². The van der Waals surface area contributed by atoms with Crippen LogP contribution in [0.5, 0.6) is 0 Å². The van der Waals surface area contributed by atoms with E-state index in [4.69, 9.17) is 0 Å². The van der Waals surface area contributed by atoms with Gasteiger partial charge in [0.1, 0.15) is 0 Å². The van der Waals surface area contributed by atoms with Gasteiger partial charge in [-0.25, -0.2) is 21.6 Å². The molecule has 2 fully saturated rings. The molecule has 0 aromatic heterocycles. The van der Waals surface area contributed by atoms with Crippen LogP contribution >= 0.6 is 0 Å². The van der Waals surface area contributed by atoms with Gasteiger partial charge in [-0.1, -0.05) is 20.8 Å². The lowest BCUT2D eigenvalue weighted by Crippen LogP contribution is -2.42. The van der Waals surface area contributed by atoms with E-state index >= 15 is 0 Å². The van der Waals surface area contributed by atoms with E-state index in [1.165, 1.54) is 16.4 Å². The smallest absolute Gasteiger partial charge is 0.240 e. The molecule has 2 aliphatic rings. The molecule has 27 heavy (non-hydrogen) atoms. The van der Waals surface area contributed by atoms with Gasteiger partial charge in [0, 0.05) is 12.6 Å². The average molecular weight is 415 g/mol. The van der Waals surface area contributed by atoms with Crippen LogP contribution in [0.4, 0.5) is 5.69 Å². The summed E-state index contributed by atoms with van der Waals surface area (Å²) in [6, 6.07) is 6.10. The Kier molecular flexibility index (Phi) is 5.62. The molecule has 1 aromatic rings. The van der Waals surface area contributed by atoms with E-state index in [0.29, 0.717) is 24.6 Å². The number of sulfonamides is 2. The molecule has 1 saturated carbocycles. The van der Waals surface area contributed by atoms with Crippen molar-refractivity contribution in [2.24, 2.45) is 11.3 Å². The fraction of sp³-hybridized carbons (Fsp3) is 0.684. The number of benzene rings is 1. The van der Waals surface area contributed by atoms with E-state index in [9.17, 15) is 16.8 Å². The van der Waals surface area contributed by atoms with Gasteiger partial charge in [-0.2, -0.15) is 0 Å². The zero-order valence-electron chi connectivity index (χ0n) is 16.3. The number of hydrogen-bond donors (Lipinski definition) is 1. The lowest BCUT2D eigenvalue weighted by atomic mass is 9.71. The van der Waals surface area contributed by atoms with Gasteiger partial charge in [-0.15, -0.1) is 0 Å². The minimum absolute atomic E-state index is 0.0732. The SMILES string of the molecule is C[C@@H]1C[C@@H](NS(=O)(=O)c2ccc(N3CCCCS3(=O)=O)cc2)CC(C)(C)C1. The summed E-state index contributed by atoms with van der Waals surface area (Å²) in [6.45, 7) is 6.97. The maximum absolute atomic E-state index is 12.8. The molecule has 0 bridgehead atoms. The van der Waals surface area contributed by atoms with Crippen LogP contribution in [-0.2, 0) is 20.0 Å². The van der Waals surface area contributed by atoms with Gasteiger partial charge in [-0.05, 0) is 67.7 Å². The van der Waals surface area contributed by atoms with E-state index in [-0.39, 0.29) is 22.1 Å². The quantitative estimate of drug-likeness (QED) is 0.820. The maximum atomic E-state index is 12.8. The van der Waals surface area contributed by atoms with Crippen molar-refractivity contribution in [3.8, 4) is 0 Å². The standard InChI is InChI=1S/C19H30N2O4S2/c1-15-12-16(14-19(2,3)13-15)20-27(24,25)18-8-6-17(7-9-18)21-10-4-5-11-26(21,22)23/h6-9,15-16,20H,4-5,10-14H2,1-3H3/t15-,16-/m1/s1. The first-order chi connectivity index (χ1) is 12.5. The summed E-state index contributed by atoms with van der Waals surface area (Å²) in [6.07, 6.45) is 4.25. The number of nitrogens with zero attached hydrogens (tertiary/aromatic N) is 1. The molecule has 3 rings (SSSR count). The first kappa shape index (κ1) is 20.6. The van der Waals surface area contributed by atoms with Crippen molar-refractivity contribution in [2.75, 3.05) is 16.6 Å². The van der Waals surface area contributed by atoms with Crippen molar-refractivity contribution in [1.29, 1.82) is 0 Å². The molecule has 1 aromatic carbocycles. The van der Waals surface area contributed by atoms with Crippen molar-refractivity contribution in [2.45, 2.75) is 63.8 Å². The summed E-state index contributed by atoms with van der Waals surface area (Å²) in [7, 11) is -6.93. The molecular weight excluding hydrogens is 384 g/mol. The van der Waals surface area contributed by atoms with Gasteiger partial charge in [0.05, 0.1) is 16.3 Å². The average Bonchev–Trinajstić information content (AvgIpc) is 2.52. The fourth-order valence-electron chi connectivity index (χ4n) is 4.59. The predicted molar refractivity (Wildman–Crippen MR) is 108 cm³/mol. The second kappa shape index (κ2) is 7.37.